The summed E-state index contributed by atoms with van der Waals surface area (Å²) in [6.45, 7) is 0. The van der Waals surface area contributed by atoms with Crippen LogP contribution in [0, 0.1) is 45.3 Å². The van der Waals surface area contributed by atoms with Crippen molar-refractivity contribution in [2.45, 2.75) is 9.92 Å². The van der Waals surface area contributed by atoms with Crippen molar-refractivity contribution in [3.8, 4) is 24.3 Å². The summed E-state index contributed by atoms with van der Waals surface area (Å²) in [5.74, 6) is 0. The molecule has 0 fully saturated rings. The van der Waals surface area contributed by atoms with E-state index in [1.807, 2.05) is 0 Å². The summed E-state index contributed by atoms with van der Waals surface area (Å²) in [7, 11) is 0. The van der Waals surface area contributed by atoms with E-state index in [1.165, 1.54) is 11.8 Å². The van der Waals surface area contributed by atoms with Gasteiger partial charge in [-0.1, -0.05) is 11.8 Å². The summed E-state index contributed by atoms with van der Waals surface area (Å²) >= 11 is 1.34. The van der Waals surface area contributed by atoms with E-state index in [0.717, 1.165) is 4.90 Å². The Morgan fingerprint density at radius 1 is 0.958 bits per heavy atom. The second-order valence-electron chi connectivity index (χ2n) is 4.30. The number of nitrogens with zero attached hydrogens (tertiary/aromatic N) is 5. The van der Waals surface area contributed by atoms with Gasteiger partial charge in [-0.15, -0.1) is 0 Å². The molecule has 2 aromatic rings. The topological polar surface area (TPSA) is 120 Å². The van der Waals surface area contributed by atoms with E-state index in [2.05, 4.69) is 16.4 Å². The van der Waals surface area contributed by atoms with Crippen molar-refractivity contribution in [3.05, 3.63) is 59.4 Å². The fourth-order valence-corrected chi connectivity index (χ4v) is 2.54. The van der Waals surface area contributed by atoms with Gasteiger partial charge in [0, 0.05) is 16.8 Å². The first-order valence-corrected chi connectivity index (χ1v) is 7.38. The Labute approximate surface area is 142 Å². The number of anilines is 1. The lowest BCUT2D eigenvalue weighted by Crippen LogP contribution is -2.00. The molecule has 0 aliphatic heterocycles. The number of rotatable bonds is 4. The third-order valence-electron chi connectivity index (χ3n) is 2.82. The van der Waals surface area contributed by atoms with Crippen LogP contribution in [0.4, 0.5) is 5.69 Å². The van der Waals surface area contributed by atoms with Crippen LogP contribution in [0.15, 0.2) is 63.8 Å². The molecule has 0 saturated carbocycles. The Hall–Kier alpha value is -3.78. The van der Waals surface area contributed by atoms with E-state index in [0.29, 0.717) is 16.3 Å². The van der Waals surface area contributed by atoms with Gasteiger partial charge >= 0.3 is 0 Å². The molecule has 6 nitrogen and oxygen atoms in total. The predicted octanol–water partition coefficient (Wildman–Crippen LogP) is 3.34. The van der Waals surface area contributed by atoms with Crippen LogP contribution >= 0.6 is 11.8 Å². The maximum absolute atomic E-state index is 9.06. The first-order chi connectivity index (χ1) is 11.7. The Morgan fingerprint density at radius 2 is 1.67 bits per heavy atom. The van der Waals surface area contributed by atoms with E-state index in [1.54, 1.807) is 60.8 Å². The zero-order chi connectivity index (χ0) is 17.4. The molecule has 112 valence electrons. The van der Waals surface area contributed by atoms with Crippen LogP contribution in [0.5, 0.6) is 0 Å². The molecular weight excluding hydrogens is 320 g/mol. The number of benzene rings is 1. The number of allylic oxidation sites excluding steroid dienone is 2. The number of aromatic nitrogens is 1. The lowest BCUT2D eigenvalue weighted by molar-refractivity contribution is 1.11. The first kappa shape index (κ1) is 16.6. The molecular formula is C17H8N6S. The van der Waals surface area contributed by atoms with Crippen molar-refractivity contribution in [2.24, 2.45) is 0 Å². The molecule has 0 radical (unpaired) electrons. The average molecular weight is 328 g/mol. The van der Waals surface area contributed by atoms with Crippen LogP contribution < -0.4 is 5.32 Å². The van der Waals surface area contributed by atoms with Gasteiger partial charge in [-0.05, 0) is 36.4 Å². The summed E-state index contributed by atoms with van der Waals surface area (Å²) in [6.07, 6.45) is 1.62. The van der Waals surface area contributed by atoms with Crippen molar-refractivity contribution in [2.75, 3.05) is 5.32 Å². The number of hydrogen-bond acceptors (Lipinski definition) is 7. The van der Waals surface area contributed by atoms with Crippen molar-refractivity contribution in [3.63, 3.8) is 0 Å². The fraction of sp³-hybridized carbons (Fsp3) is 0. The van der Waals surface area contributed by atoms with Gasteiger partial charge in [0.05, 0.1) is 5.56 Å². The Morgan fingerprint density at radius 3 is 2.25 bits per heavy atom. The molecule has 1 N–H and O–H groups in total. The summed E-state index contributed by atoms with van der Waals surface area (Å²) in [5, 5.41) is 39.0. The number of pyridine rings is 1. The second-order valence-corrected chi connectivity index (χ2v) is 5.37. The monoisotopic (exact) mass is 328 g/mol. The van der Waals surface area contributed by atoms with Crippen LogP contribution in [-0.4, -0.2) is 4.98 Å². The standard InChI is InChI=1S/C17H8N6S/c18-8-12-2-1-7-22-17(12)24-15-5-3-14(4-6-15)23-16(11-21)13(9-19)10-20/h1-7,23H. The molecule has 0 aliphatic carbocycles. The summed E-state index contributed by atoms with van der Waals surface area (Å²) in [6, 6.07) is 17.6. The highest BCUT2D eigenvalue weighted by Crippen LogP contribution is 2.29. The number of nitriles is 4. The molecule has 1 heterocycles. The van der Waals surface area contributed by atoms with Crippen LogP contribution in [0.3, 0.4) is 0 Å². The zero-order valence-electron chi connectivity index (χ0n) is 12.2. The largest absolute Gasteiger partial charge is 0.345 e. The molecule has 0 saturated heterocycles. The van der Waals surface area contributed by atoms with Gasteiger partial charge in [0.2, 0.25) is 0 Å². The van der Waals surface area contributed by atoms with Crippen LogP contribution in [0.2, 0.25) is 0 Å². The van der Waals surface area contributed by atoms with Gasteiger partial charge in [0.1, 0.15) is 35.0 Å². The van der Waals surface area contributed by atoms with Crippen molar-refractivity contribution < 1.29 is 0 Å². The van der Waals surface area contributed by atoms with Crippen molar-refractivity contribution >= 4 is 17.4 Å². The molecule has 0 aliphatic rings. The van der Waals surface area contributed by atoms with Gasteiger partial charge in [0.25, 0.3) is 0 Å². The minimum atomic E-state index is -0.275. The van der Waals surface area contributed by atoms with Crippen LogP contribution in [0.25, 0.3) is 0 Å². The van der Waals surface area contributed by atoms with Gasteiger partial charge < -0.3 is 5.32 Å². The van der Waals surface area contributed by atoms with Crippen LogP contribution in [-0.2, 0) is 0 Å². The lowest BCUT2D eigenvalue weighted by atomic mass is 10.2. The Bertz CT molecular complexity index is 933. The highest BCUT2D eigenvalue weighted by Gasteiger charge is 2.07. The number of nitrogens with one attached hydrogen (secondary N) is 1. The highest BCUT2D eigenvalue weighted by atomic mass is 32.2. The average Bonchev–Trinajstić information content (AvgIpc) is 2.63. The second kappa shape index (κ2) is 8.01. The van der Waals surface area contributed by atoms with Gasteiger partial charge in [-0.25, -0.2) is 4.98 Å². The van der Waals surface area contributed by atoms with E-state index < -0.39 is 0 Å². The van der Waals surface area contributed by atoms with E-state index >= 15 is 0 Å². The molecule has 0 amide bonds. The third kappa shape index (κ3) is 3.90. The smallest absolute Gasteiger partial charge is 0.163 e. The van der Waals surface area contributed by atoms with Crippen molar-refractivity contribution in [1.29, 1.82) is 21.0 Å². The molecule has 7 heteroatoms. The summed E-state index contributed by atoms with van der Waals surface area (Å²) < 4.78 is 0. The SMILES string of the molecule is N#CC(C#N)=C(C#N)Nc1ccc(Sc2ncccc2C#N)cc1. The normalized spacial score (nSPS) is 8.83. The minimum absolute atomic E-state index is 0.100. The van der Waals surface area contributed by atoms with Gasteiger partial charge in [-0.2, -0.15) is 21.0 Å². The quantitative estimate of drug-likeness (QED) is 0.854. The molecule has 1 aromatic carbocycles. The summed E-state index contributed by atoms with van der Waals surface area (Å²) in [5.41, 5.74) is 0.688. The molecule has 0 bridgehead atoms. The third-order valence-corrected chi connectivity index (χ3v) is 3.84. The van der Waals surface area contributed by atoms with Gasteiger partial charge in [-0.3, -0.25) is 0 Å². The maximum atomic E-state index is 9.06. The molecule has 0 unspecified atom stereocenters. The fourth-order valence-electron chi connectivity index (χ4n) is 1.70. The highest BCUT2D eigenvalue weighted by molar-refractivity contribution is 7.99. The molecule has 2 rings (SSSR count). The molecule has 1 aromatic heterocycles. The van der Waals surface area contributed by atoms with E-state index in [-0.39, 0.29) is 11.3 Å². The molecule has 24 heavy (non-hydrogen) atoms. The van der Waals surface area contributed by atoms with Crippen molar-refractivity contribution in [1.82, 2.24) is 4.98 Å². The Balaban J connectivity index is 2.19. The minimum Gasteiger partial charge on any atom is -0.345 e. The maximum Gasteiger partial charge on any atom is 0.163 e. The van der Waals surface area contributed by atoms with E-state index in [9.17, 15) is 0 Å². The Kier molecular flexibility index (Phi) is 5.54. The van der Waals surface area contributed by atoms with Gasteiger partial charge in [0.15, 0.2) is 5.57 Å². The predicted molar refractivity (Wildman–Crippen MR) is 87.0 cm³/mol. The molecule has 0 spiro atoms. The first-order valence-electron chi connectivity index (χ1n) is 6.56. The van der Waals surface area contributed by atoms with E-state index in [4.69, 9.17) is 21.0 Å². The summed E-state index contributed by atoms with van der Waals surface area (Å²) in [4.78, 5) is 5.04. The lowest BCUT2D eigenvalue weighted by Gasteiger charge is -2.06. The molecule has 0 atom stereocenters. The zero-order valence-corrected chi connectivity index (χ0v) is 13.0. The number of hydrogen-bond donors (Lipinski definition) is 1. The van der Waals surface area contributed by atoms with Crippen LogP contribution in [0.1, 0.15) is 5.56 Å².